The molecule has 0 radical (unpaired) electrons. The van der Waals surface area contributed by atoms with Crippen molar-refractivity contribution in [1.82, 2.24) is 19.9 Å². The van der Waals surface area contributed by atoms with Crippen molar-refractivity contribution in [2.24, 2.45) is 0 Å². The normalized spacial score (nSPS) is 14.3. The molecule has 0 atom stereocenters. The molecule has 0 unspecified atom stereocenters. The molecule has 10 heteroatoms. The summed E-state index contributed by atoms with van der Waals surface area (Å²) >= 11 is 3.47. The molecule has 1 aliphatic heterocycles. The van der Waals surface area contributed by atoms with Crippen molar-refractivity contribution in [2.75, 3.05) is 58.1 Å². The molecular weight excluding hydrogens is 446 g/mol. The summed E-state index contributed by atoms with van der Waals surface area (Å²) in [6, 6.07) is 7.48. The number of nitrogens with one attached hydrogen (secondary N) is 1. The van der Waals surface area contributed by atoms with E-state index in [0.29, 0.717) is 11.7 Å². The maximum atomic E-state index is 5.46. The van der Waals surface area contributed by atoms with E-state index in [-0.39, 0.29) is 0 Å². The Morgan fingerprint density at radius 2 is 2.00 bits per heavy atom. The molecule has 8 nitrogen and oxygen atoms in total. The highest BCUT2D eigenvalue weighted by atomic mass is 32.2. The summed E-state index contributed by atoms with van der Waals surface area (Å²) in [5.74, 6) is 2.90. The molecule has 1 saturated heterocycles. The van der Waals surface area contributed by atoms with Crippen LogP contribution in [0.5, 0.6) is 11.5 Å². The van der Waals surface area contributed by atoms with Crippen molar-refractivity contribution in [3.05, 3.63) is 36.2 Å². The number of nitrogens with zero attached hydrogens (tertiary/aromatic N) is 4. The molecule has 1 fully saturated rings. The Bertz CT molecular complexity index is 1040. The van der Waals surface area contributed by atoms with Crippen LogP contribution in [-0.4, -0.2) is 72.7 Å². The Hall–Kier alpha value is -2.40. The topological polar surface area (TPSA) is 81.6 Å². The van der Waals surface area contributed by atoms with Crippen LogP contribution in [0.15, 0.2) is 34.8 Å². The summed E-state index contributed by atoms with van der Waals surface area (Å²) in [5, 5.41) is 3.24. The molecule has 32 heavy (non-hydrogen) atoms. The van der Waals surface area contributed by atoms with E-state index >= 15 is 0 Å². The molecule has 1 aliphatic rings. The van der Waals surface area contributed by atoms with E-state index in [1.807, 2.05) is 31.2 Å². The second-order valence-corrected chi connectivity index (χ2v) is 9.49. The molecule has 1 N–H and O–H groups in total. The highest BCUT2D eigenvalue weighted by molar-refractivity contribution is 8.01. The monoisotopic (exact) mass is 473 g/mol. The van der Waals surface area contributed by atoms with E-state index in [1.165, 1.54) is 0 Å². The number of morpholine rings is 1. The van der Waals surface area contributed by atoms with Gasteiger partial charge in [-0.25, -0.2) is 15.0 Å². The fourth-order valence-electron chi connectivity index (χ4n) is 3.33. The highest BCUT2D eigenvalue weighted by Crippen LogP contribution is 2.35. The third-order valence-corrected chi connectivity index (χ3v) is 7.36. The van der Waals surface area contributed by atoms with Crippen LogP contribution in [0.2, 0.25) is 0 Å². The molecule has 0 amide bonds. The first-order chi connectivity index (χ1) is 15.7. The number of ether oxygens (including phenoxy) is 3. The van der Waals surface area contributed by atoms with Gasteiger partial charge in [-0.05, 0) is 25.1 Å². The molecule has 0 aliphatic carbocycles. The van der Waals surface area contributed by atoms with Crippen molar-refractivity contribution >= 4 is 34.7 Å². The summed E-state index contributed by atoms with van der Waals surface area (Å²) in [6.45, 7) is 6.76. The summed E-state index contributed by atoms with van der Waals surface area (Å²) in [4.78, 5) is 17.3. The van der Waals surface area contributed by atoms with Crippen molar-refractivity contribution in [3.63, 3.8) is 0 Å². The largest absolute Gasteiger partial charge is 0.497 e. The van der Waals surface area contributed by atoms with Crippen LogP contribution in [0.4, 0.5) is 11.6 Å². The van der Waals surface area contributed by atoms with E-state index in [9.17, 15) is 0 Å². The molecule has 0 saturated carbocycles. The Morgan fingerprint density at radius 1 is 1.16 bits per heavy atom. The number of hydrogen-bond acceptors (Lipinski definition) is 10. The van der Waals surface area contributed by atoms with Crippen molar-refractivity contribution in [1.29, 1.82) is 0 Å². The van der Waals surface area contributed by atoms with Crippen molar-refractivity contribution < 1.29 is 14.2 Å². The van der Waals surface area contributed by atoms with Crippen LogP contribution in [-0.2, 0) is 4.74 Å². The van der Waals surface area contributed by atoms with Gasteiger partial charge in [0.1, 0.15) is 11.5 Å². The number of methoxy groups -OCH3 is 2. The maximum Gasteiger partial charge on any atom is 0.227 e. The number of thiazole rings is 1. The smallest absolute Gasteiger partial charge is 0.227 e. The fraction of sp³-hybridized carbons (Fsp3) is 0.409. The van der Waals surface area contributed by atoms with Crippen LogP contribution in [0.25, 0.3) is 10.6 Å². The first-order valence-corrected chi connectivity index (χ1v) is 12.2. The first-order valence-electron chi connectivity index (χ1n) is 10.4. The molecule has 4 rings (SSSR count). The van der Waals surface area contributed by atoms with E-state index in [2.05, 4.69) is 15.2 Å². The lowest BCUT2D eigenvalue weighted by atomic mass is 10.2. The van der Waals surface area contributed by atoms with Crippen LogP contribution in [0.1, 0.15) is 5.69 Å². The minimum Gasteiger partial charge on any atom is -0.497 e. The minimum absolute atomic E-state index is 0.500. The van der Waals surface area contributed by atoms with Gasteiger partial charge in [0.05, 0.1) is 49.4 Å². The van der Waals surface area contributed by atoms with Crippen LogP contribution < -0.4 is 14.8 Å². The Labute approximate surface area is 196 Å². The first kappa shape index (κ1) is 22.8. The molecule has 0 spiro atoms. The van der Waals surface area contributed by atoms with Gasteiger partial charge in [0.25, 0.3) is 0 Å². The van der Waals surface area contributed by atoms with E-state index in [0.717, 1.165) is 70.6 Å². The Kier molecular flexibility index (Phi) is 7.80. The van der Waals surface area contributed by atoms with Gasteiger partial charge in [0.2, 0.25) is 5.95 Å². The minimum atomic E-state index is 0.500. The quantitative estimate of drug-likeness (QED) is 0.462. The summed E-state index contributed by atoms with van der Waals surface area (Å²) in [6.07, 6.45) is 1.76. The number of benzene rings is 1. The van der Waals surface area contributed by atoms with Gasteiger partial charge >= 0.3 is 0 Å². The maximum absolute atomic E-state index is 5.46. The second-order valence-electron chi connectivity index (χ2n) is 7.15. The zero-order chi connectivity index (χ0) is 22.3. The zero-order valence-electron chi connectivity index (χ0n) is 18.5. The number of anilines is 2. The number of aryl methyl sites for hydroxylation is 1. The SMILES string of the molecule is COc1ccc(Nc2nccc(-c3sc(SCCN4CCOCC4)nc3C)n2)c(OC)c1. The zero-order valence-corrected chi connectivity index (χ0v) is 20.1. The van der Waals surface area contributed by atoms with E-state index in [1.54, 1.807) is 43.5 Å². The molecular formula is C22H27N5O3S2. The summed E-state index contributed by atoms with van der Waals surface area (Å²) in [7, 11) is 3.25. The van der Waals surface area contributed by atoms with Gasteiger partial charge in [-0.2, -0.15) is 0 Å². The predicted molar refractivity (Wildman–Crippen MR) is 129 cm³/mol. The molecule has 1 aromatic carbocycles. The number of thioether (sulfide) groups is 1. The molecule has 3 heterocycles. The van der Waals surface area contributed by atoms with Crippen molar-refractivity contribution in [2.45, 2.75) is 11.3 Å². The number of hydrogen-bond donors (Lipinski definition) is 1. The predicted octanol–water partition coefficient (Wildman–Crippen LogP) is 4.09. The van der Waals surface area contributed by atoms with Crippen LogP contribution in [0.3, 0.4) is 0 Å². The van der Waals surface area contributed by atoms with Gasteiger partial charge in [-0.3, -0.25) is 4.90 Å². The van der Waals surface area contributed by atoms with Crippen LogP contribution in [0, 0.1) is 6.92 Å². The number of aromatic nitrogens is 3. The molecule has 3 aromatic rings. The molecule has 0 bridgehead atoms. The van der Waals surface area contributed by atoms with Gasteiger partial charge in [-0.1, -0.05) is 11.8 Å². The van der Waals surface area contributed by atoms with E-state index < -0.39 is 0 Å². The molecule has 2 aromatic heterocycles. The highest BCUT2D eigenvalue weighted by Gasteiger charge is 2.15. The van der Waals surface area contributed by atoms with Crippen molar-refractivity contribution in [3.8, 4) is 22.1 Å². The summed E-state index contributed by atoms with van der Waals surface area (Å²) in [5.41, 5.74) is 2.60. The standard InChI is InChI=1S/C22H27N5O3S2/c1-15-20(32-22(24-15)31-13-10-27-8-11-30-12-9-27)18-6-7-23-21(26-18)25-17-5-4-16(28-2)14-19(17)29-3/h4-7,14H,8-13H2,1-3H3,(H,23,25,26). The van der Waals surface area contributed by atoms with Gasteiger partial charge in [0, 0.05) is 37.7 Å². The van der Waals surface area contributed by atoms with E-state index in [4.69, 9.17) is 24.2 Å². The fourth-order valence-corrected chi connectivity index (χ4v) is 5.56. The molecule has 170 valence electrons. The Morgan fingerprint density at radius 3 is 2.78 bits per heavy atom. The van der Waals surface area contributed by atoms with Crippen LogP contribution >= 0.6 is 23.1 Å². The second kappa shape index (κ2) is 11.0. The Balaban J connectivity index is 1.44. The average Bonchev–Trinajstić information content (AvgIpc) is 3.20. The lowest BCUT2D eigenvalue weighted by Gasteiger charge is -2.26. The number of rotatable bonds is 9. The third kappa shape index (κ3) is 5.69. The van der Waals surface area contributed by atoms with Gasteiger partial charge < -0.3 is 19.5 Å². The lowest BCUT2D eigenvalue weighted by Crippen LogP contribution is -2.37. The third-order valence-electron chi connectivity index (χ3n) is 5.06. The average molecular weight is 474 g/mol. The lowest BCUT2D eigenvalue weighted by molar-refractivity contribution is 0.0410. The van der Waals surface area contributed by atoms with Gasteiger partial charge in [-0.15, -0.1) is 11.3 Å². The summed E-state index contributed by atoms with van der Waals surface area (Å²) < 4.78 is 17.2. The van der Waals surface area contributed by atoms with Gasteiger partial charge in [0.15, 0.2) is 4.34 Å².